The van der Waals surface area contributed by atoms with E-state index in [1.54, 1.807) is 13.3 Å². The molecule has 16 heavy (non-hydrogen) atoms. The number of aromatic nitrogens is 1. The number of pyridine rings is 1. The zero-order valence-corrected chi connectivity index (χ0v) is 10.7. The maximum absolute atomic E-state index is 10.3. The SMILES string of the molecule is COc1ncc(Br)cc1CC1(O)CCNC1. The first-order valence-electron chi connectivity index (χ1n) is 5.24. The molecule has 1 saturated heterocycles. The van der Waals surface area contributed by atoms with Gasteiger partial charge in [-0.15, -0.1) is 0 Å². The van der Waals surface area contributed by atoms with Gasteiger partial charge in [0.25, 0.3) is 0 Å². The van der Waals surface area contributed by atoms with Gasteiger partial charge < -0.3 is 15.2 Å². The third-order valence-corrected chi connectivity index (χ3v) is 3.26. The summed E-state index contributed by atoms with van der Waals surface area (Å²) in [6.07, 6.45) is 3.03. The van der Waals surface area contributed by atoms with Crippen molar-refractivity contribution in [3.05, 3.63) is 22.3 Å². The minimum Gasteiger partial charge on any atom is -0.481 e. The predicted molar refractivity (Wildman–Crippen MR) is 64.6 cm³/mol. The summed E-state index contributed by atoms with van der Waals surface area (Å²) >= 11 is 3.38. The average Bonchev–Trinajstić information content (AvgIpc) is 2.65. The van der Waals surface area contributed by atoms with Crippen LogP contribution in [-0.4, -0.2) is 35.9 Å². The number of ether oxygens (including phenoxy) is 1. The van der Waals surface area contributed by atoms with E-state index in [9.17, 15) is 5.11 Å². The molecule has 2 rings (SSSR count). The van der Waals surface area contributed by atoms with E-state index in [0.29, 0.717) is 18.8 Å². The summed E-state index contributed by atoms with van der Waals surface area (Å²) in [5, 5.41) is 13.5. The fourth-order valence-electron chi connectivity index (χ4n) is 2.02. The highest BCUT2D eigenvalue weighted by molar-refractivity contribution is 9.10. The number of β-amino-alcohol motifs (C(OH)–C–C–N with tert-alkyl or cyclic N) is 1. The van der Waals surface area contributed by atoms with Crippen molar-refractivity contribution in [3.63, 3.8) is 0 Å². The Bertz CT molecular complexity index is 378. The van der Waals surface area contributed by atoms with Crippen LogP contribution in [0.15, 0.2) is 16.7 Å². The molecule has 0 spiro atoms. The molecule has 1 atom stereocenters. The molecule has 0 aromatic carbocycles. The Morgan fingerprint density at radius 1 is 1.69 bits per heavy atom. The zero-order valence-electron chi connectivity index (χ0n) is 9.16. The molecule has 1 aliphatic rings. The van der Waals surface area contributed by atoms with Crippen molar-refractivity contribution in [2.24, 2.45) is 0 Å². The third kappa shape index (κ3) is 2.53. The van der Waals surface area contributed by atoms with Crippen molar-refractivity contribution in [1.82, 2.24) is 10.3 Å². The van der Waals surface area contributed by atoms with Gasteiger partial charge >= 0.3 is 0 Å². The summed E-state index contributed by atoms with van der Waals surface area (Å²) in [5.41, 5.74) is 0.263. The third-order valence-electron chi connectivity index (χ3n) is 2.83. The Balaban J connectivity index is 2.22. The second-order valence-electron chi connectivity index (χ2n) is 4.15. The molecule has 0 aliphatic carbocycles. The van der Waals surface area contributed by atoms with Gasteiger partial charge in [0.2, 0.25) is 5.88 Å². The second-order valence-corrected chi connectivity index (χ2v) is 5.07. The maximum atomic E-state index is 10.3. The van der Waals surface area contributed by atoms with Gasteiger partial charge in [-0.2, -0.15) is 0 Å². The fraction of sp³-hybridized carbons (Fsp3) is 0.545. The Hall–Kier alpha value is -0.650. The Labute approximate surface area is 103 Å². The number of hydrogen-bond acceptors (Lipinski definition) is 4. The highest BCUT2D eigenvalue weighted by Gasteiger charge is 2.32. The second kappa shape index (κ2) is 4.69. The lowest BCUT2D eigenvalue weighted by Crippen LogP contribution is -2.34. The predicted octanol–water partition coefficient (Wildman–Crippen LogP) is 1.12. The van der Waals surface area contributed by atoms with Crippen molar-refractivity contribution in [2.45, 2.75) is 18.4 Å². The summed E-state index contributed by atoms with van der Waals surface area (Å²) < 4.78 is 6.09. The van der Waals surface area contributed by atoms with Crippen LogP contribution < -0.4 is 10.1 Å². The number of aliphatic hydroxyl groups is 1. The molecule has 88 valence electrons. The van der Waals surface area contributed by atoms with Crippen molar-refractivity contribution in [1.29, 1.82) is 0 Å². The normalized spacial score (nSPS) is 24.7. The molecule has 0 bridgehead atoms. The van der Waals surface area contributed by atoms with Crippen LogP contribution in [0.3, 0.4) is 0 Å². The van der Waals surface area contributed by atoms with Gasteiger partial charge in [0, 0.05) is 29.2 Å². The van der Waals surface area contributed by atoms with Crippen LogP contribution in [-0.2, 0) is 6.42 Å². The quantitative estimate of drug-likeness (QED) is 0.874. The standard InChI is InChI=1S/C11H15BrN2O2/c1-16-10-8(4-9(12)6-14-10)5-11(15)2-3-13-7-11/h4,6,13,15H,2-3,5,7H2,1H3. The first-order valence-corrected chi connectivity index (χ1v) is 6.04. The molecule has 1 aromatic rings. The number of rotatable bonds is 3. The molecular formula is C11H15BrN2O2. The summed E-state index contributed by atoms with van der Waals surface area (Å²) in [7, 11) is 1.59. The number of nitrogens with zero attached hydrogens (tertiary/aromatic N) is 1. The molecule has 4 nitrogen and oxygen atoms in total. The molecule has 1 aromatic heterocycles. The van der Waals surface area contributed by atoms with Crippen LogP contribution >= 0.6 is 15.9 Å². The largest absolute Gasteiger partial charge is 0.481 e. The lowest BCUT2D eigenvalue weighted by atomic mass is 9.94. The molecule has 2 heterocycles. The van der Waals surface area contributed by atoms with Crippen LogP contribution in [0.1, 0.15) is 12.0 Å². The smallest absolute Gasteiger partial charge is 0.216 e. The van der Waals surface area contributed by atoms with Crippen LogP contribution in [0.4, 0.5) is 0 Å². The average molecular weight is 287 g/mol. The van der Waals surface area contributed by atoms with Gasteiger partial charge in [-0.05, 0) is 35.0 Å². The van der Waals surface area contributed by atoms with Crippen LogP contribution in [0, 0.1) is 0 Å². The van der Waals surface area contributed by atoms with E-state index in [2.05, 4.69) is 26.2 Å². The van der Waals surface area contributed by atoms with E-state index in [1.165, 1.54) is 0 Å². The minimum atomic E-state index is -0.671. The number of nitrogens with one attached hydrogen (secondary N) is 1. The van der Waals surface area contributed by atoms with Crippen molar-refractivity contribution in [2.75, 3.05) is 20.2 Å². The highest BCUT2D eigenvalue weighted by atomic mass is 79.9. The first-order chi connectivity index (χ1) is 7.63. The molecule has 0 amide bonds. The zero-order chi connectivity index (χ0) is 11.6. The first kappa shape index (κ1) is 11.8. The summed E-state index contributed by atoms with van der Waals surface area (Å²) in [5.74, 6) is 0.587. The van der Waals surface area contributed by atoms with E-state index in [1.807, 2.05) is 6.07 Å². The van der Waals surface area contributed by atoms with E-state index >= 15 is 0 Å². The molecule has 2 N–H and O–H groups in total. The minimum absolute atomic E-state index is 0.565. The van der Waals surface area contributed by atoms with E-state index in [4.69, 9.17) is 4.74 Å². The Morgan fingerprint density at radius 2 is 2.50 bits per heavy atom. The molecule has 1 aliphatic heterocycles. The van der Waals surface area contributed by atoms with Crippen LogP contribution in [0.25, 0.3) is 0 Å². The molecular weight excluding hydrogens is 272 g/mol. The number of halogens is 1. The van der Waals surface area contributed by atoms with Crippen molar-refractivity contribution in [3.8, 4) is 5.88 Å². The monoisotopic (exact) mass is 286 g/mol. The summed E-state index contributed by atoms with van der Waals surface area (Å²) in [6.45, 7) is 1.49. The van der Waals surface area contributed by atoms with Gasteiger partial charge in [0.1, 0.15) is 0 Å². The van der Waals surface area contributed by atoms with Crippen LogP contribution in [0.5, 0.6) is 5.88 Å². The summed E-state index contributed by atoms with van der Waals surface area (Å²) in [6, 6.07) is 1.95. The van der Waals surface area contributed by atoms with Gasteiger partial charge in [0.05, 0.1) is 12.7 Å². The molecule has 0 saturated carbocycles. The van der Waals surface area contributed by atoms with Crippen molar-refractivity contribution >= 4 is 15.9 Å². The van der Waals surface area contributed by atoms with E-state index in [-0.39, 0.29) is 0 Å². The van der Waals surface area contributed by atoms with Crippen molar-refractivity contribution < 1.29 is 9.84 Å². The highest BCUT2D eigenvalue weighted by Crippen LogP contribution is 2.27. The lowest BCUT2D eigenvalue weighted by molar-refractivity contribution is 0.0611. The molecule has 1 fully saturated rings. The Kier molecular flexibility index (Phi) is 3.47. The Morgan fingerprint density at radius 3 is 3.12 bits per heavy atom. The number of hydrogen-bond donors (Lipinski definition) is 2. The topological polar surface area (TPSA) is 54.4 Å². The lowest BCUT2D eigenvalue weighted by Gasteiger charge is -2.22. The van der Waals surface area contributed by atoms with Gasteiger partial charge in [-0.1, -0.05) is 0 Å². The fourth-order valence-corrected chi connectivity index (χ4v) is 2.39. The van der Waals surface area contributed by atoms with E-state index in [0.717, 1.165) is 23.0 Å². The molecule has 0 radical (unpaired) electrons. The van der Waals surface area contributed by atoms with Gasteiger partial charge in [-0.25, -0.2) is 4.98 Å². The maximum Gasteiger partial charge on any atom is 0.216 e. The number of methoxy groups -OCH3 is 1. The van der Waals surface area contributed by atoms with Gasteiger partial charge in [0.15, 0.2) is 0 Å². The van der Waals surface area contributed by atoms with Gasteiger partial charge in [-0.3, -0.25) is 0 Å². The van der Waals surface area contributed by atoms with E-state index < -0.39 is 5.60 Å². The molecule has 5 heteroatoms. The summed E-state index contributed by atoms with van der Waals surface area (Å²) in [4.78, 5) is 4.17. The molecule has 1 unspecified atom stereocenters. The van der Waals surface area contributed by atoms with Crippen LogP contribution in [0.2, 0.25) is 0 Å².